The maximum atomic E-state index is 12.6. The minimum absolute atomic E-state index is 0.193. The number of benzene rings is 1. The smallest absolute Gasteiger partial charge is 0.262 e. The summed E-state index contributed by atoms with van der Waals surface area (Å²) in [6.07, 6.45) is 1.43. The number of hydrogen-bond donors (Lipinski definition) is 2. The maximum Gasteiger partial charge on any atom is 0.262 e. The van der Waals surface area contributed by atoms with Crippen LogP contribution >= 0.6 is 11.6 Å². The Bertz CT molecular complexity index is 804. The molecule has 0 unspecified atom stereocenters. The van der Waals surface area contributed by atoms with Crippen molar-refractivity contribution in [2.75, 3.05) is 10.5 Å². The van der Waals surface area contributed by atoms with Gasteiger partial charge in [-0.15, -0.1) is 0 Å². The molecule has 0 fully saturated rings. The summed E-state index contributed by atoms with van der Waals surface area (Å²) >= 11 is 5.76. The van der Waals surface area contributed by atoms with E-state index in [0.717, 1.165) is 5.56 Å². The predicted octanol–water partition coefficient (Wildman–Crippen LogP) is 3.04. The minimum atomic E-state index is -3.75. The van der Waals surface area contributed by atoms with Crippen molar-refractivity contribution in [1.82, 2.24) is 4.98 Å². The lowest BCUT2D eigenvalue weighted by molar-refractivity contribution is 0.600. The molecule has 0 saturated heterocycles. The van der Waals surface area contributed by atoms with Crippen molar-refractivity contribution in [3.05, 3.63) is 46.2 Å². The molecule has 112 valence electrons. The van der Waals surface area contributed by atoms with Crippen LogP contribution in [-0.4, -0.2) is 13.4 Å². The Kier molecular flexibility index (Phi) is 4.11. The first-order chi connectivity index (χ1) is 9.72. The second-order valence-corrected chi connectivity index (χ2v) is 6.86. The van der Waals surface area contributed by atoms with Crippen molar-refractivity contribution >= 4 is 33.0 Å². The molecule has 1 aromatic heterocycles. The van der Waals surface area contributed by atoms with Crippen molar-refractivity contribution in [3.63, 3.8) is 0 Å². The Morgan fingerprint density at radius 2 is 1.86 bits per heavy atom. The third-order valence-corrected chi connectivity index (χ3v) is 5.08. The second kappa shape index (κ2) is 5.54. The van der Waals surface area contributed by atoms with E-state index in [-0.39, 0.29) is 10.0 Å². The van der Waals surface area contributed by atoms with Gasteiger partial charge in [0.15, 0.2) is 0 Å². The number of aromatic nitrogens is 1. The van der Waals surface area contributed by atoms with Gasteiger partial charge in [-0.1, -0.05) is 17.7 Å². The van der Waals surface area contributed by atoms with Crippen LogP contribution in [0.15, 0.2) is 29.3 Å². The van der Waals surface area contributed by atoms with Crippen molar-refractivity contribution in [2.24, 2.45) is 0 Å². The van der Waals surface area contributed by atoms with E-state index in [1.165, 1.54) is 18.3 Å². The Balaban J connectivity index is 2.53. The van der Waals surface area contributed by atoms with Gasteiger partial charge in [0.1, 0.15) is 5.15 Å². The summed E-state index contributed by atoms with van der Waals surface area (Å²) in [5, 5.41) is 0.215. The van der Waals surface area contributed by atoms with Crippen LogP contribution in [0.5, 0.6) is 0 Å². The highest BCUT2D eigenvalue weighted by Crippen LogP contribution is 2.29. The van der Waals surface area contributed by atoms with Crippen LogP contribution in [0.1, 0.15) is 16.7 Å². The molecule has 0 saturated carbocycles. The molecule has 1 aromatic carbocycles. The summed E-state index contributed by atoms with van der Waals surface area (Å²) < 4.78 is 27.7. The number of sulfonamides is 1. The molecule has 21 heavy (non-hydrogen) atoms. The van der Waals surface area contributed by atoms with Gasteiger partial charge in [0, 0.05) is 11.9 Å². The zero-order chi connectivity index (χ0) is 15.8. The standard InChI is InChI=1S/C14H16ClN3O2S/c1-8-6-9(2)14(10(3)13(8)16)21(19,20)18-11-4-5-17-12(15)7-11/h4-7H,16H2,1-3H3,(H,17,18). The van der Waals surface area contributed by atoms with Gasteiger partial charge < -0.3 is 5.73 Å². The topological polar surface area (TPSA) is 85.1 Å². The van der Waals surface area contributed by atoms with E-state index in [0.29, 0.717) is 22.5 Å². The molecular weight excluding hydrogens is 310 g/mol. The van der Waals surface area contributed by atoms with Crippen LogP contribution in [0, 0.1) is 20.8 Å². The lowest BCUT2D eigenvalue weighted by atomic mass is 10.1. The fraction of sp³-hybridized carbons (Fsp3) is 0.214. The zero-order valence-electron chi connectivity index (χ0n) is 11.9. The number of anilines is 2. The SMILES string of the molecule is Cc1cc(C)c(S(=O)(=O)Nc2ccnc(Cl)c2)c(C)c1N. The number of nitrogen functional groups attached to an aromatic ring is 1. The summed E-state index contributed by atoms with van der Waals surface area (Å²) in [7, 11) is -3.75. The number of nitrogens with one attached hydrogen (secondary N) is 1. The van der Waals surface area contributed by atoms with E-state index in [2.05, 4.69) is 9.71 Å². The quantitative estimate of drug-likeness (QED) is 0.671. The average Bonchev–Trinajstić information content (AvgIpc) is 2.35. The van der Waals surface area contributed by atoms with Crippen molar-refractivity contribution in [2.45, 2.75) is 25.7 Å². The number of pyridine rings is 1. The van der Waals surface area contributed by atoms with Crippen molar-refractivity contribution in [3.8, 4) is 0 Å². The van der Waals surface area contributed by atoms with E-state index >= 15 is 0 Å². The summed E-state index contributed by atoms with van der Waals surface area (Å²) in [5.41, 5.74) is 8.82. The Morgan fingerprint density at radius 1 is 1.19 bits per heavy atom. The third kappa shape index (κ3) is 3.11. The third-order valence-electron chi connectivity index (χ3n) is 3.21. The van der Waals surface area contributed by atoms with Crippen LogP contribution in [0.3, 0.4) is 0 Å². The van der Waals surface area contributed by atoms with E-state index in [9.17, 15) is 8.42 Å². The highest BCUT2D eigenvalue weighted by molar-refractivity contribution is 7.92. The first-order valence-electron chi connectivity index (χ1n) is 6.23. The fourth-order valence-electron chi connectivity index (χ4n) is 2.27. The summed E-state index contributed by atoms with van der Waals surface area (Å²) in [5.74, 6) is 0. The lowest BCUT2D eigenvalue weighted by Crippen LogP contribution is -2.17. The maximum absolute atomic E-state index is 12.6. The monoisotopic (exact) mass is 325 g/mol. The van der Waals surface area contributed by atoms with Gasteiger partial charge in [-0.3, -0.25) is 4.72 Å². The van der Waals surface area contributed by atoms with Crippen LogP contribution in [-0.2, 0) is 10.0 Å². The molecule has 0 spiro atoms. The number of halogens is 1. The second-order valence-electron chi connectivity index (χ2n) is 4.85. The van der Waals surface area contributed by atoms with Crippen LogP contribution in [0.25, 0.3) is 0 Å². The Labute approximate surface area is 129 Å². The van der Waals surface area contributed by atoms with Gasteiger partial charge in [-0.2, -0.15) is 0 Å². The molecule has 0 aliphatic carbocycles. The molecule has 5 nitrogen and oxygen atoms in total. The van der Waals surface area contributed by atoms with Gasteiger partial charge >= 0.3 is 0 Å². The zero-order valence-corrected chi connectivity index (χ0v) is 13.5. The predicted molar refractivity (Wildman–Crippen MR) is 85.1 cm³/mol. The van der Waals surface area contributed by atoms with Crippen LogP contribution in [0.2, 0.25) is 5.15 Å². The first kappa shape index (κ1) is 15.6. The molecule has 0 aliphatic rings. The summed E-state index contributed by atoms with van der Waals surface area (Å²) in [4.78, 5) is 4.01. The average molecular weight is 326 g/mol. The number of rotatable bonds is 3. The van der Waals surface area contributed by atoms with Crippen LogP contribution in [0.4, 0.5) is 11.4 Å². The summed E-state index contributed by atoms with van der Waals surface area (Å²) in [6.45, 7) is 5.29. The molecule has 0 aliphatic heterocycles. The number of nitrogens with two attached hydrogens (primary N) is 1. The van der Waals surface area contributed by atoms with Crippen molar-refractivity contribution < 1.29 is 8.42 Å². The highest BCUT2D eigenvalue weighted by atomic mass is 35.5. The molecule has 0 radical (unpaired) electrons. The van der Waals surface area contributed by atoms with Gasteiger partial charge in [0.05, 0.1) is 10.6 Å². The first-order valence-corrected chi connectivity index (χ1v) is 8.09. The van der Waals surface area contributed by atoms with E-state index in [1.54, 1.807) is 19.9 Å². The highest BCUT2D eigenvalue weighted by Gasteiger charge is 2.22. The molecule has 2 rings (SSSR count). The molecule has 0 amide bonds. The van der Waals surface area contributed by atoms with Gasteiger partial charge in [-0.25, -0.2) is 13.4 Å². The summed E-state index contributed by atoms with van der Waals surface area (Å²) in [6, 6.07) is 4.74. The minimum Gasteiger partial charge on any atom is -0.398 e. The van der Waals surface area contributed by atoms with Gasteiger partial charge in [0.2, 0.25) is 0 Å². The van der Waals surface area contributed by atoms with E-state index in [4.69, 9.17) is 17.3 Å². The Morgan fingerprint density at radius 3 is 2.48 bits per heavy atom. The molecule has 0 bridgehead atoms. The lowest BCUT2D eigenvalue weighted by Gasteiger charge is -2.16. The molecule has 3 N–H and O–H groups in total. The molecule has 2 aromatic rings. The normalized spacial score (nSPS) is 11.4. The molecular formula is C14H16ClN3O2S. The Hall–Kier alpha value is -1.79. The molecule has 1 heterocycles. The van der Waals surface area contributed by atoms with Crippen LogP contribution < -0.4 is 10.5 Å². The molecule has 7 heteroatoms. The van der Waals surface area contributed by atoms with Gasteiger partial charge in [-0.05, 0) is 49.6 Å². The van der Waals surface area contributed by atoms with E-state index in [1.807, 2.05) is 6.92 Å². The van der Waals surface area contributed by atoms with E-state index < -0.39 is 10.0 Å². The number of aryl methyl sites for hydroxylation is 2. The van der Waals surface area contributed by atoms with Crippen molar-refractivity contribution in [1.29, 1.82) is 0 Å². The number of hydrogen-bond acceptors (Lipinski definition) is 4. The van der Waals surface area contributed by atoms with Gasteiger partial charge in [0.25, 0.3) is 10.0 Å². The largest absolute Gasteiger partial charge is 0.398 e. The fourth-order valence-corrected chi connectivity index (χ4v) is 3.98. The number of nitrogens with zero attached hydrogens (tertiary/aromatic N) is 1. The molecule has 0 atom stereocenters.